The van der Waals surface area contributed by atoms with E-state index in [1.54, 1.807) is 13.8 Å². The van der Waals surface area contributed by atoms with Crippen molar-refractivity contribution in [2.45, 2.75) is 39.1 Å². The lowest BCUT2D eigenvalue weighted by Crippen LogP contribution is -2.37. The van der Waals surface area contributed by atoms with E-state index in [1.807, 2.05) is 19.6 Å². The summed E-state index contributed by atoms with van der Waals surface area (Å²) in [4.78, 5) is 0. The lowest BCUT2D eigenvalue weighted by Gasteiger charge is -2.28. The highest BCUT2D eigenvalue weighted by atomic mass is 28.4. The van der Waals surface area contributed by atoms with Gasteiger partial charge in [-0.1, -0.05) is 11.8 Å². The Balaban J connectivity index is 3.01. The molecule has 19 heavy (non-hydrogen) atoms. The summed E-state index contributed by atoms with van der Waals surface area (Å²) in [6.07, 6.45) is 0. The topological polar surface area (TPSA) is 9.23 Å². The summed E-state index contributed by atoms with van der Waals surface area (Å²) in [5.74, 6) is 1.46. The summed E-state index contributed by atoms with van der Waals surface area (Å²) in [5, 5.41) is 0. The van der Waals surface area contributed by atoms with Crippen molar-refractivity contribution in [1.29, 1.82) is 0 Å². The van der Waals surface area contributed by atoms with Gasteiger partial charge in [-0.05, 0) is 45.6 Å². The first kappa shape index (κ1) is 15.8. The number of benzene rings is 1. The third-order valence-corrected chi connectivity index (χ3v) is 3.18. The molecule has 0 saturated heterocycles. The molecule has 0 atom stereocenters. The van der Waals surface area contributed by atoms with Gasteiger partial charge in [0.15, 0.2) is 25.8 Å². The van der Waals surface area contributed by atoms with Gasteiger partial charge in [-0.25, -0.2) is 13.2 Å². The van der Waals surface area contributed by atoms with E-state index in [2.05, 4.69) is 11.8 Å². The highest BCUT2D eigenvalue weighted by molar-refractivity contribution is 6.69. The summed E-state index contributed by atoms with van der Waals surface area (Å²) < 4.78 is 44.7. The lowest BCUT2D eigenvalue weighted by atomic mass is 10.1. The van der Waals surface area contributed by atoms with Crippen LogP contribution in [0.15, 0.2) is 12.1 Å². The van der Waals surface area contributed by atoms with E-state index >= 15 is 0 Å². The Hall–Kier alpha value is -1.25. The minimum atomic E-state index is -1.77. The van der Waals surface area contributed by atoms with Crippen LogP contribution in [0.2, 0.25) is 19.6 Å². The van der Waals surface area contributed by atoms with Gasteiger partial charge < -0.3 is 4.43 Å². The fourth-order valence-electron chi connectivity index (χ4n) is 1.64. The van der Waals surface area contributed by atoms with E-state index in [0.29, 0.717) is 0 Å². The maximum atomic E-state index is 13.0. The zero-order chi connectivity index (χ0) is 14.8. The summed E-state index contributed by atoms with van der Waals surface area (Å²) in [6.45, 7) is 9.64. The van der Waals surface area contributed by atoms with Gasteiger partial charge in [0, 0.05) is 5.56 Å². The van der Waals surface area contributed by atoms with Crippen LogP contribution in [0.3, 0.4) is 0 Å². The fraction of sp³-hybridized carbons (Fsp3) is 0.429. The molecular formula is C14H17F3OSi. The first-order valence-corrected chi connectivity index (χ1v) is 9.29. The van der Waals surface area contributed by atoms with Crippen LogP contribution < -0.4 is 0 Å². The second-order valence-corrected chi connectivity index (χ2v) is 10.2. The van der Waals surface area contributed by atoms with Crippen LogP contribution in [0.25, 0.3) is 0 Å². The molecule has 0 unspecified atom stereocenters. The number of halogens is 3. The van der Waals surface area contributed by atoms with E-state index in [0.717, 1.165) is 12.1 Å². The number of rotatable bonds is 2. The van der Waals surface area contributed by atoms with Crippen LogP contribution in [0, 0.1) is 29.3 Å². The predicted octanol–water partition coefficient (Wildman–Crippen LogP) is 4.09. The third kappa shape index (κ3) is 5.09. The Morgan fingerprint density at radius 2 is 1.53 bits per heavy atom. The Labute approximate surface area is 112 Å². The summed E-state index contributed by atoms with van der Waals surface area (Å²) >= 11 is 0. The van der Waals surface area contributed by atoms with Crippen molar-refractivity contribution in [3.63, 3.8) is 0 Å². The Morgan fingerprint density at radius 3 is 1.95 bits per heavy atom. The smallest absolute Gasteiger partial charge is 0.194 e. The van der Waals surface area contributed by atoms with Crippen molar-refractivity contribution in [2.75, 3.05) is 0 Å². The molecule has 1 rings (SSSR count). The van der Waals surface area contributed by atoms with Crippen LogP contribution in [0.4, 0.5) is 13.2 Å². The summed E-state index contributed by atoms with van der Waals surface area (Å²) in [5.41, 5.74) is -0.630. The molecule has 5 heteroatoms. The highest BCUT2D eigenvalue weighted by Gasteiger charge is 2.25. The molecule has 0 radical (unpaired) electrons. The van der Waals surface area contributed by atoms with Gasteiger partial charge in [-0.15, -0.1) is 0 Å². The molecule has 1 aromatic carbocycles. The van der Waals surface area contributed by atoms with E-state index in [1.165, 1.54) is 0 Å². The van der Waals surface area contributed by atoms with Crippen molar-refractivity contribution >= 4 is 8.32 Å². The molecule has 0 bridgehead atoms. The minimum Gasteiger partial charge on any atom is -0.402 e. The molecule has 0 saturated carbocycles. The molecule has 0 spiro atoms. The van der Waals surface area contributed by atoms with E-state index in [4.69, 9.17) is 4.43 Å². The third-order valence-electron chi connectivity index (χ3n) is 2.05. The molecule has 0 amide bonds. The molecule has 0 aliphatic carbocycles. The Bertz CT molecular complexity index is 513. The SMILES string of the molecule is CC(C)(C#Cc1cc(F)c(F)c(F)c1)O[Si](C)(C)C. The molecule has 0 aliphatic rings. The van der Waals surface area contributed by atoms with Crippen LogP contribution in [-0.4, -0.2) is 13.9 Å². The standard InChI is InChI=1S/C14H17F3OSi/c1-14(2,18-19(3,4)5)7-6-10-8-11(15)13(17)12(16)9-10/h8-9H,1-5H3. The Kier molecular flexibility index (Phi) is 4.49. The zero-order valence-corrected chi connectivity index (χ0v) is 12.7. The van der Waals surface area contributed by atoms with E-state index < -0.39 is 31.4 Å². The van der Waals surface area contributed by atoms with Crippen LogP contribution in [0.1, 0.15) is 19.4 Å². The van der Waals surface area contributed by atoms with Gasteiger partial charge in [-0.3, -0.25) is 0 Å². The zero-order valence-electron chi connectivity index (χ0n) is 11.7. The molecule has 0 N–H and O–H groups in total. The lowest BCUT2D eigenvalue weighted by molar-refractivity contribution is 0.164. The molecule has 104 valence electrons. The predicted molar refractivity (Wildman–Crippen MR) is 71.7 cm³/mol. The normalized spacial score (nSPS) is 12.0. The summed E-state index contributed by atoms with van der Waals surface area (Å²) in [6, 6.07) is 1.74. The van der Waals surface area contributed by atoms with E-state index in [-0.39, 0.29) is 5.56 Å². The fourth-order valence-corrected chi connectivity index (χ4v) is 3.22. The maximum absolute atomic E-state index is 13.0. The molecule has 0 heterocycles. The Morgan fingerprint density at radius 1 is 1.05 bits per heavy atom. The minimum absolute atomic E-state index is 0.0867. The second-order valence-electron chi connectivity index (χ2n) is 5.73. The van der Waals surface area contributed by atoms with Crippen molar-refractivity contribution in [1.82, 2.24) is 0 Å². The number of hydrogen-bond donors (Lipinski definition) is 0. The average Bonchev–Trinajstić information content (AvgIpc) is 2.19. The summed E-state index contributed by atoms with van der Waals surface area (Å²) in [7, 11) is -1.77. The molecule has 0 fully saturated rings. The van der Waals surface area contributed by atoms with Gasteiger partial charge in [0.1, 0.15) is 5.60 Å². The van der Waals surface area contributed by atoms with Crippen LogP contribution >= 0.6 is 0 Å². The van der Waals surface area contributed by atoms with Crippen LogP contribution in [-0.2, 0) is 4.43 Å². The first-order chi connectivity index (χ1) is 8.50. The number of hydrogen-bond acceptors (Lipinski definition) is 1. The van der Waals surface area contributed by atoms with Gasteiger partial charge >= 0.3 is 0 Å². The van der Waals surface area contributed by atoms with Gasteiger partial charge in [-0.2, -0.15) is 0 Å². The second kappa shape index (κ2) is 5.39. The van der Waals surface area contributed by atoms with Crippen molar-refractivity contribution in [3.05, 3.63) is 35.1 Å². The van der Waals surface area contributed by atoms with Crippen molar-refractivity contribution in [3.8, 4) is 11.8 Å². The monoisotopic (exact) mass is 286 g/mol. The molecule has 1 aromatic rings. The van der Waals surface area contributed by atoms with Crippen molar-refractivity contribution < 1.29 is 17.6 Å². The highest BCUT2D eigenvalue weighted by Crippen LogP contribution is 2.17. The average molecular weight is 286 g/mol. The quantitative estimate of drug-likeness (QED) is 0.452. The largest absolute Gasteiger partial charge is 0.402 e. The van der Waals surface area contributed by atoms with Crippen LogP contribution in [0.5, 0.6) is 0 Å². The molecule has 0 aromatic heterocycles. The van der Waals surface area contributed by atoms with Gasteiger partial charge in [0.2, 0.25) is 0 Å². The van der Waals surface area contributed by atoms with E-state index in [9.17, 15) is 13.2 Å². The molecule has 0 aliphatic heterocycles. The first-order valence-electron chi connectivity index (χ1n) is 5.88. The van der Waals surface area contributed by atoms with Gasteiger partial charge in [0.25, 0.3) is 0 Å². The molecule has 1 nitrogen and oxygen atoms in total. The van der Waals surface area contributed by atoms with Gasteiger partial charge in [0.05, 0.1) is 0 Å². The van der Waals surface area contributed by atoms with Crippen molar-refractivity contribution in [2.24, 2.45) is 0 Å². The molecular weight excluding hydrogens is 269 g/mol. The maximum Gasteiger partial charge on any atom is 0.194 e.